The standard InChI is InChI=1S/C23H26N4O2S/c1-17-12-18(2)14-20(13-17)22-24-25-23(29-22)30-16-21(28)27-10-8-26(9-11-27)15-19-6-4-3-5-7-19/h3-7,12-14H,8-11,15-16H2,1-2H3/p+1. The van der Waals surface area contributed by atoms with Crippen molar-refractivity contribution in [3.63, 3.8) is 0 Å². The van der Waals surface area contributed by atoms with E-state index in [1.165, 1.54) is 22.2 Å². The van der Waals surface area contributed by atoms with Gasteiger partial charge in [0.2, 0.25) is 11.8 Å². The highest BCUT2D eigenvalue weighted by Crippen LogP contribution is 2.25. The number of thioether (sulfide) groups is 1. The second-order valence-electron chi connectivity index (χ2n) is 7.83. The molecule has 4 rings (SSSR count). The molecular formula is C23H27N4O2S+. The third kappa shape index (κ3) is 5.29. The van der Waals surface area contributed by atoms with Crippen LogP contribution in [0.15, 0.2) is 58.2 Å². The van der Waals surface area contributed by atoms with Crippen LogP contribution in [-0.2, 0) is 11.3 Å². The number of rotatable bonds is 6. The molecule has 0 atom stereocenters. The first-order valence-electron chi connectivity index (χ1n) is 10.3. The molecule has 1 amide bonds. The van der Waals surface area contributed by atoms with Crippen LogP contribution in [0.25, 0.3) is 11.5 Å². The Labute approximate surface area is 181 Å². The Bertz CT molecular complexity index is 977. The van der Waals surface area contributed by atoms with Gasteiger partial charge in [-0.2, -0.15) is 0 Å². The summed E-state index contributed by atoms with van der Waals surface area (Å²) >= 11 is 1.31. The molecule has 6 nitrogen and oxygen atoms in total. The number of quaternary nitrogens is 1. The number of hydrogen-bond donors (Lipinski definition) is 1. The van der Waals surface area contributed by atoms with Crippen LogP contribution in [0.2, 0.25) is 0 Å². The van der Waals surface area contributed by atoms with Crippen LogP contribution in [0.3, 0.4) is 0 Å². The van der Waals surface area contributed by atoms with Gasteiger partial charge < -0.3 is 14.2 Å². The molecule has 0 aliphatic carbocycles. The van der Waals surface area contributed by atoms with Crippen LogP contribution in [0.1, 0.15) is 16.7 Å². The van der Waals surface area contributed by atoms with Gasteiger partial charge in [-0.05, 0) is 26.0 Å². The zero-order valence-corrected chi connectivity index (χ0v) is 18.2. The van der Waals surface area contributed by atoms with Gasteiger partial charge in [0, 0.05) is 11.1 Å². The summed E-state index contributed by atoms with van der Waals surface area (Å²) in [5.41, 5.74) is 4.57. The average molecular weight is 424 g/mol. The van der Waals surface area contributed by atoms with E-state index in [-0.39, 0.29) is 5.91 Å². The number of piperazine rings is 1. The van der Waals surface area contributed by atoms with Crippen LogP contribution in [0, 0.1) is 13.8 Å². The van der Waals surface area contributed by atoms with Crippen molar-refractivity contribution in [2.45, 2.75) is 25.6 Å². The number of nitrogens with zero attached hydrogens (tertiary/aromatic N) is 3. The molecule has 1 saturated heterocycles. The highest BCUT2D eigenvalue weighted by Gasteiger charge is 2.24. The minimum atomic E-state index is 0.130. The summed E-state index contributed by atoms with van der Waals surface area (Å²) in [5, 5.41) is 8.68. The minimum absolute atomic E-state index is 0.130. The molecule has 2 heterocycles. The number of amides is 1. The molecule has 1 fully saturated rings. The largest absolute Gasteiger partial charge is 0.411 e. The molecule has 1 aromatic heterocycles. The first-order valence-corrected chi connectivity index (χ1v) is 11.3. The molecule has 30 heavy (non-hydrogen) atoms. The van der Waals surface area contributed by atoms with Gasteiger partial charge in [-0.25, -0.2) is 0 Å². The lowest BCUT2D eigenvalue weighted by molar-refractivity contribution is -0.917. The molecule has 7 heteroatoms. The third-order valence-corrected chi connectivity index (χ3v) is 6.12. The van der Waals surface area contributed by atoms with E-state index < -0.39 is 0 Å². The fourth-order valence-corrected chi connectivity index (χ4v) is 4.50. The molecule has 1 N–H and O–H groups in total. The van der Waals surface area contributed by atoms with E-state index in [0.29, 0.717) is 16.9 Å². The summed E-state index contributed by atoms with van der Waals surface area (Å²) in [4.78, 5) is 16.1. The molecule has 0 bridgehead atoms. The van der Waals surface area contributed by atoms with Crippen molar-refractivity contribution in [1.82, 2.24) is 15.1 Å². The van der Waals surface area contributed by atoms with Gasteiger partial charge in [-0.15, -0.1) is 10.2 Å². The van der Waals surface area contributed by atoms with Gasteiger partial charge in [0.05, 0.1) is 31.9 Å². The highest BCUT2D eigenvalue weighted by atomic mass is 32.2. The molecule has 156 valence electrons. The summed E-state index contributed by atoms with van der Waals surface area (Å²) in [6.07, 6.45) is 0. The number of nitrogens with one attached hydrogen (secondary N) is 1. The normalized spacial score (nSPS) is 14.8. The Morgan fingerprint density at radius 1 is 1.07 bits per heavy atom. The van der Waals surface area contributed by atoms with Crippen LogP contribution >= 0.6 is 11.8 Å². The molecule has 1 aliphatic rings. The molecule has 0 radical (unpaired) electrons. The molecule has 1 aliphatic heterocycles. The van der Waals surface area contributed by atoms with Gasteiger partial charge in [0.1, 0.15) is 6.54 Å². The highest BCUT2D eigenvalue weighted by molar-refractivity contribution is 7.99. The van der Waals surface area contributed by atoms with Crippen molar-refractivity contribution in [3.8, 4) is 11.5 Å². The Kier molecular flexibility index (Phi) is 6.50. The van der Waals surface area contributed by atoms with Crippen molar-refractivity contribution >= 4 is 17.7 Å². The maximum Gasteiger partial charge on any atom is 0.277 e. The van der Waals surface area contributed by atoms with Gasteiger partial charge in [0.15, 0.2) is 0 Å². The predicted octanol–water partition coefficient (Wildman–Crippen LogP) is 2.37. The first kappa shape index (κ1) is 20.6. The first-order chi connectivity index (χ1) is 14.6. The van der Waals surface area contributed by atoms with Crippen LogP contribution in [0.5, 0.6) is 0 Å². The van der Waals surface area contributed by atoms with Crippen molar-refractivity contribution < 1.29 is 14.1 Å². The molecule has 3 aromatic rings. The maximum absolute atomic E-state index is 12.6. The minimum Gasteiger partial charge on any atom is -0.411 e. The maximum atomic E-state index is 12.6. The molecular weight excluding hydrogens is 396 g/mol. The summed E-state index contributed by atoms with van der Waals surface area (Å²) in [6.45, 7) is 8.63. The quantitative estimate of drug-likeness (QED) is 0.617. The van der Waals surface area contributed by atoms with Crippen molar-refractivity contribution in [3.05, 3.63) is 65.2 Å². The second-order valence-corrected chi connectivity index (χ2v) is 8.76. The van der Waals surface area contributed by atoms with Crippen molar-refractivity contribution in [1.29, 1.82) is 0 Å². The number of benzene rings is 2. The smallest absolute Gasteiger partial charge is 0.277 e. The van der Waals surface area contributed by atoms with E-state index in [2.05, 4.69) is 40.5 Å². The van der Waals surface area contributed by atoms with E-state index >= 15 is 0 Å². The Morgan fingerprint density at radius 2 is 1.77 bits per heavy atom. The Hall–Kier alpha value is -2.64. The topological polar surface area (TPSA) is 63.7 Å². The van der Waals surface area contributed by atoms with Gasteiger partial charge >= 0.3 is 0 Å². The Balaban J connectivity index is 1.26. The molecule has 2 aromatic carbocycles. The zero-order valence-electron chi connectivity index (χ0n) is 17.4. The summed E-state index contributed by atoms with van der Waals surface area (Å²) in [6, 6.07) is 16.7. The van der Waals surface area contributed by atoms with E-state index in [1.807, 2.05) is 36.9 Å². The number of carbonyl (C=O) groups is 1. The lowest BCUT2D eigenvalue weighted by Gasteiger charge is -2.32. The molecule has 0 spiro atoms. The number of aryl methyl sites for hydroxylation is 2. The van der Waals surface area contributed by atoms with Crippen molar-refractivity contribution in [2.75, 3.05) is 31.9 Å². The average Bonchev–Trinajstić information content (AvgIpc) is 3.22. The third-order valence-electron chi connectivity index (χ3n) is 5.31. The lowest BCUT2D eigenvalue weighted by Crippen LogP contribution is -3.13. The van der Waals surface area contributed by atoms with Gasteiger partial charge in [-0.1, -0.05) is 59.3 Å². The zero-order chi connectivity index (χ0) is 20.9. The number of carbonyl (C=O) groups excluding carboxylic acids is 1. The van der Waals surface area contributed by atoms with Gasteiger partial charge in [-0.3, -0.25) is 4.79 Å². The number of hydrogen-bond acceptors (Lipinski definition) is 5. The fourth-order valence-electron chi connectivity index (χ4n) is 3.83. The van der Waals surface area contributed by atoms with Crippen molar-refractivity contribution in [2.24, 2.45) is 0 Å². The van der Waals surface area contributed by atoms with E-state index in [1.54, 1.807) is 0 Å². The molecule has 0 unspecified atom stereocenters. The lowest BCUT2D eigenvalue weighted by atomic mass is 10.1. The predicted molar refractivity (Wildman–Crippen MR) is 117 cm³/mol. The molecule has 0 saturated carbocycles. The second kappa shape index (κ2) is 9.45. The van der Waals surface area contributed by atoms with Crippen LogP contribution < -0.4 is 4.90 Å². The monoisotopic (exact) mass is 423 g/mol. The fraction of sp³-hybridized carbons (Fsp3) is 0.348. The summed E-state index contributed by atoms with van der Waals surface area (Å²) in [5.74, 6) is 0.947. The number of aromatic nitrogens is 2. The summed E-state index contributed by atoms with van der Waals surface area (Å²) < 4.78 is 5.77. The summed E-state index contributed by atoms with van der Waals surface area (Å²) in [7, 11) is 0. The van der Waals surface area contributed by atoms with Gasteiger partial charge in [0.25, 0.3) is 5.22 Å². The van der Waals surface area contributed by atoms with E-state index in [4.69, 9.17) is 4.42 Å². The van der Waals surface area contributed by atoms with E-state index in [0.717, 1.165) is 49.4 Å². The van der Waals surface area contributed by atoms with Crippen LogP contribution in [0.4, 0.5) is 0 Å². The Morgan fingerprint density at radius 3 is 2.47 bits per heavy atom. The SMILES string of the molecule is Cc1cc(C)cc(-c2nnc(SCC(=O)N3CC[NH+](Cc4ccccc4)CC3)o2)c1. The van der Waals surface area contributed by atoms with E-state index in [9.17, 15) is 4.79 Å². The van der Waals surface area contributed by atoms with Crippen LogP contribution in [-0.4, -0.2) is 52.9 Å².